The first kappa shape index (κ1) is 23.8. The molecule has 2 saturated carbocycles. The minimum absolute atomic E-state index is 0. The molecule has 0 bridgehead atoms. The first-order valence-corrected chi connectivity index (χ1v) is 12.3. The predicted molar refractivity (Wildman–Crippen MR) is 126 cm³/mol. The van der Waals surface area contributed by atoms with Gasteiger partial charge in [0.1, 0.15) is 5.75 Å². The summed E-state index contributed by atoms with van der Waals surface area (Å²) in [4.78, 5) is 25.9. The second kappa shape index (κ2) is 10.0. The largest absolute Gasteiger partial charge is 0.573 e. The van der Waals surface area contributed by atoms with Crippen LogP contribution in [-0.2, 0) is 6.54 Å². The van der Waals surface area contributed by atoms with Gasteiger partial charge in [-0.3, -0.25) is 9.69 Å². The van der Waals surface area contributed by atoms with Gasteiger partial charge in [0, 0.05) is 39.5 Å². The van der Waals surface area contributed by atoms with E-state index in [1.54, 1.807) is 0 Å². The number of amides is 1. The van der Waals surface area contributed by atoms with Crippen LogP contribution in [0.15, 0.2) is 30.6 Å². The molecule has 1 N–H and O–H groups in total. The first-order chi connectivity index (χ1) is 16.8. The summed E-state index contributed by atoms with van der Waals surface area (Å²) in [6, 6.07) is 5.31. The Morgan fingerprint density at radius 3 is 2.46 bits per heavy atom. The number of anilines is 1. The maximum Gasteiger partial charge on any atom is 0.573 e. The summed E-state index contributed by atoms with van der Waals surface area (Å²) in [5.41, 5.74) is 1.93. The van der Waals surface area contributed by atoms with Crippen LogP contribution in [-0.4, -0.2) is 57.8 Å². The van der Waals surface area contributed by atoms with Crippen LogP contribution in [0.5, 0.6) is 5.75 Å². The Morgan fingerprint density at radius 1 is 1.06 bits per heavy atom. The Kier molecular flexibility index (Phi) is 6.82. The fourth-order valence-electron chi connectivity index (χ4n) is 4.72. The zero-order valence-corrected chi connectivity index (χ0v) is 19.6. The summed E-state index contributed by atoms with van der Waals surface area (Å²) in [5.74, 6) is 0.303. The number of carbonyl (C=O) groups excluding carboxylic acids is 1. The van der Waals surface area contributed by atoms with Crippen molar-refractivity contribution in [1.29, 1.82) is 0 Å². The van der Waals surface area contributed by atoms with Crippen molar-refractivity contribution < 1.29 is 24.1 Å². The lowest BCUT2D eigenvalue weighted by Gasteiger charge is -2.38. The third kappa shape index (κ3) is 6.22. The molecule has 1 amide bonds. The molecular weight excluding hydrogens is 459 g/mol. The number of benzene rings is 1. The SMILES string of the molecule is O=C(c1cnc(NCc2cc(OC(F)(F)F)cc(C3CC3)c2)nc1)N1CCCCN(C2CCC2)C1.[HH]. The van der Waals surface area contributed by atoms with E-state index >= 15 is 0 Å². The zero-order chi connectivity index (χ0) is 24.4. The molecule has 1 saturated heterocycles. The summed E-state index contributed by atoms with van der Waals surface area (Å²) in [6.45, 7) is 2.64. The van der Waals surface area contributed by atoms with Gasteiger partial charge in [0.05, 0.1) is 12.2 Å². The molecule has 0 radical (unpaired) electrons. The van der Waals surface area contributed by atoms with Crippen molar-refractivity contribution in [2.75, 3.05) is 25.1 Å². The molecule has 1 aliphatic heterocycles. The van der Waals surface area contributed by atoms with Gasteiger partial charge < -0.3 is 15.0 Å². The fourth-order valence-corrected chi connectivity index (χ4v) is 4.72. The van der Waals surface area contributed by atoms with Crippen molar-refractivity contribution in [1.82, 2.24) is 19.8 Å². The van der Waals surface area contributed by atoms with Crippen LogP contribution in [0.1, 0.15) is 73.8 Å². The van der Waals surface area contributed by atoms with Crippen LogP contribution in [0, 0.1) is 0 Å². The van der Waals surface area contributed by atoms with Gasteiger partial charge in [-0.1, -0.05) is 12.5 Å². The number of hydrogen-bond donors (Lipinski definition) is 1. The third-order valence-electron chi connectivity index (χ3n) is 6.97. The summed E-state index contributed by atoms with van der Waals surface area (Å²) < 4.78 is 42.3. The number of rotatable bonds is 7. The van der Waals surface area contributed by atoms with E-state index < -0.39 is 6.36 Å². The summed E-state index contributed by atoms with van der Waals surface area (Å²) in [5, 5.41) is 3.04. The average molecular weight is 492 g/mol. The van der Waals surface area contributed by atoms with Crippen molar-refractivity contribution in [3.05, 3.63) is 47.3 Å². The molecule has 7 nitrogen and oxygen atoms in total. The van der Waals surface area contributed by atoms with Gasteiger partial charge in [-0.25, -0.2) is 9.97 Å². The average Bonchev–Trinajstić information content (AvgIpc) is 3.63. The third-order valence-corrected chi connectivity index (χ3v) is 6.97. The minimum atomic E-state index is -4.74. The Balaban J connectivity index is 0.00000304. The van der Waals surface area contributed by atoms with Gasteiger partial charge in [-0.2, -0.15) is 0 Å². The standard InChI is InChI=1S/C25H30F3N5O2.H2/c26-25(27,28)35-22-11-17(10-19(12-22)18-6-7-18)13-29-24-30-14-20(15-31-24)23(34)33-9-2-1-8-32(16-33)21-4-3-5-21;/h10-12,14-15,18,21H,1-9,13,16H2,(H,29,30,31);1H. The van der Waals surface area contributed by atoms with Gasteiger partial charge in [-0.05, 0) is 67.7 Å². The second-order valence-corrected chi connectivity index (χ2v) is 9.70. The van der Waals surface area contributed by atoms with Gasteiger partial charge >= 0.3 is 6.36 Å². The lowest BCUT2D eigenvalue weighted by Crippen LogP contribution is -2.47. The van der Waals surface area contributed by atoms with Crippen molar-refractivity contribution >= 4 is 11.9 Å². The topological polar surface area (TPSA) is 70.6 Å². The molecule has 35 heavy (non-hydrogen) atoms. The molecule has 10 heteroatoms. The predicted octanol–water partition coefficient (Wildman–Crippen LogP) is 5.16. The number of carbonyl (C=O) groups is 1. The van der Waals surface area contributed by atoms with Crippen LogP contribution in [0.3, 0.4) is 0 Å². The smallest absolute Gasteiger partial charge is 0.406 e. The van der Waals surface area contributed by atoms with E-state index in [9.17, 15) is 18.0 Å². The van der Waals surface area contributed by atoms with E-state index in [1.165, 1.54) is 43.8 Å². The van der Waals surface area contributed by atoms with Crippen molar-refractivity contribution in [3.8, 4) is 5.75 Å². The maximum atomic E-state index is 13.1. The molecule has 0 atom stereocenters. The Labute approximate surface area is 204 Å². The number of halogens is 3. The zero-order valence-electron chi connectivity index (χ0n) is 19.6. The highest BCUT2D eigenvalue weighted by atomic mass is 19.4. The first-order valence-electron chi connectivity index (χ1n) is 12.3. The van der Waals surface area contributed by atoms with Crippen LogP contribution < -0.4 is 10.1 Å². The molecule has 1 aromatic heterocycles. The van der Waals surface area contributed by atoms with E-state index in [0.29, 0.717) is 29.8 Å². The van der Waals surface area contributed by atoms with Gasteiger partial charge in [0.2, 0.25) is 5.95 Å². The summed E-state index contributed by atoms with van der Waals surface area (Å²) >= 11 is 0. The number of aromatic nitrogens is 2. The van der Waals surface area contributed by atoms with E-state index in [2.05, 4.69) is 24.9 Å². The number of nitrogens with zero attached hydrogens (tertiary/aromatic N) is 4. The molecule has 2 aliphatic carbocycles. The van der Waals surface area contributed by atoms with Gasteiger partial charge in [0.25, 0.3) is 5.91 Å². The Hall–Kier alpha value is -2.88. The summed E-state index contributed by atoms with van der Waals surface area (Å²) in [7, 11) is 0. The number of hydrogen-bond acceptors (Lipinski definition) is 6. The normalized spacial score (nSPS) is 19.7. The van der Waals surface area contributed by atoms with Crippen LogP contribution in [0.2, 0.25) is 0 Å². The molecule has 190 valence electrons. The van der Waals surface area contributed by atoms with Crippen molar-refractivity contribution in [3.63, 3.8) is 0 Å². The monoisotopic (exact) mass is 491 g/mol. The maximum absolute atomic E-state index is 13.1. The van der Waals surface area contributed by atoms with E-state index in [4.69, 9.17) is 0 Å². The molecular formula is C25H32F3N5O2. The molecule has 0 spiro atoms. The molecule has 0 unspecified atom stereocenters. The van der Waals surface area contributed by atoms with Crippen LogP contribution in [0.25, 0.3) is 0 Å². The van der Waals surface area contributed by atoms with Gasteiger partial charge in [-0.15, -0.1) is 13.2 Å². The Bertz CT molecular complexity index is 1040. The minimum Gasteiger partial charge on any atom is -0.406 e. The molecule has 3 aliphatic rings. The molecule has 3 fully saturated rings. The second-order valence-electron chi connectivity index (χ2n) is 9.70. The summed E-state index contributed by atoms with van der Waals surface area (Å²) in [6.07, 6.45) is 5.97. The highest BCUT2D eigenvalue weighted by Gasteiger charge is 2.33. The molecule has 2 heterocycles. The number of ether oxygens (including phenoxy) is 1. The van der Waals surface area contributed by atoms with Crippen LogP contribution in [0.4, 0.5) is 19.1 Å². The number of nitrogens with one attached hydrogen (secondary N) is 1. The van der Waals surface area contributed by atoms with E-state index in [0.717, 1.165) is 44.3 Å². The highest BCUT2D eigenvalue weighted by Crippen LogP contribution is 2.42. The molecule has 2 aromatic rings. The molecule has 1 aromatic carbocycles. The quantitative estimate of drug-likeness (QED) is 0.577. The molecule has 5 rings (SSSR count). The number of alkyl halides is 3. The van der Waals surface area contributed by atoms with Gasteiger partial charge in [0.15, 0.2) is 0 Å². The highest BCUT2D eigenvalue weighted by molar-refractivity contribution is 5.93. The van der Waals surface area contributed by atoms with E-state index in [1.807, 2.05) is 11.0 Å². The van der Waals surface area contributed by atoms with Crippen molar-refractivity contribution in [2.45, 2.75) is 69.8 Å². The van der Waals surface area contributed by atoms with Crippen LogP contribution >= 0.6 is 0 Å². The lowest BCUT2D eigenvalue weighted by molar-refractivity contribution is -0.274. The fraction of sp³-hybridized carbons (Fsp3) is 0.560. The van der Waals surface area contributed by atoms with Crippen molar-refractivity contribution in [2.24, 2.45) is 0 Å². The Morgan fingerprint density at radius 2 is 1.80 bits per heavy atom. The van der Waals surface area contributed by atoms with E-state index in [-0.39, 0.29) is 25.5 Å². The lowest BCUT2D eigenvalue weighted by atomic mass is 9.91.